The number of fused-ring (bicyclic) bond motifs is 1. The Morgan fingerprint density at radius 2 is 1.86 bits per heavy atom. The number of nitrogens with zero attached hydrogens (tertiary/aromatic N) is 6. The minimum atomic E-state index is -3.14. The summed E-state index contributed by atoms with van der Waals surface area (Å²) in [5.41, 5.74) is 1.67. The fourth-order valence-corrected chi connectivity index (χ4v) is 6.17. The molecular formula is C30H31F3N6O3. The lowest BCUT2D eigenvalue weighted by molar-refractivity contribution is -0.0521. The average Bonchev–Trinajstić information content (AvgIpc) is 3.51. The van der Waals surface area contributed by atoms with Crippen molar-refractivity contribution in [2.24, 2.45) is 13.0 Å². The van der Waals surface area contributed by atoms with Gasteiger partial charge in [0.2, 0.25) is 0 Å². The highest BCUT2D eigenvalue weighted by atomic mass is 19.3. The topological polar surface area (TPSA) is 107 Å². The van der Waals surface area contributed by atoms with E-state index in [0.717, 1.165) is 25.3 Å². The third-order valence-corrected chi connectivity index (χ3v) is 8.39. The maximum Gasteiger partial charge on any atom is 0.387 e. The van der Waals surface area contributed by atoms with E-state index in [0.29, 0.717) is 55.0 Å². The Kier molecular flexibility index (Phi) is 8.55. The summed E-state index contributed by atoms with van der Waals surface area (Å²) in [6.07, 6.45) is 3.75. The largest absolute Gasteiger partial charge is 0.432 e. The van der Waals surface area contributed by atoms with E-state index in [1.165, 1.54) is 10.6 Å². The highest BCUT2D eigenvalue weighted by molar-refractivity contribution is 5.92. The number of rotatable bonds is 8. The van der Waals surface area contributed by atoms with Gasteiger partial charge in [0, 0.05) is 57.0 Å². The molecule has 0 amide bonds. The number of anilines is 2. The highest BCUT2D eigenvalue weighted by Crippen LogP contribution is 2.36. The summed E-state index contributed by atoms with van der Waals surface area (Å²) in [6.45, 7) is -1.25. The summed E-state index contributed by atoms with van der Waals surface area (Å²) in [7, 11) is 3.41. The monoisotopic (exact) mass is 580 g/mol. The molecule has 1 saturated heterocycles. The lowest BCUT2D eigenvalue weighted by Crippen LogP contribution is -2.45. The number of aryl methyl sites for hydroxylation is 1. The number of hydrogen-bond acceptors (Lipinski definition) is 8. The molecule has 1 aromatic carbocycles. The molecule has 3 heterocycles. The predicted molar refractivity (Wildman–Crippen MR) is 150 cm³/mol. The summed E-state index contributed by atoms with van der Waals surface area (Å²) in [6, 6.07) is 11.4. The van der Waals surface area contributed by atoms with Crippen LogP contribution in [-0.4, -0.2) is 55.1 Å². The van der Waals surface area contributed by atoms with Crippen molar-refractivity contribution in [1.29, 1.82) is 10.5 Å². The van der Waals surface area contributed by atoms with Gasteiger partial charge in [0.15, 0.2) is 11.6 Å². The molecule has 0 N–H and O–H groups in total. The van der Waals surface area contributed by atoms with E-state index >= 15 is 0 Å². The van der Waals surface area contributed by atoms with Crippen LogP contribution in [0.3, 0.4) is 0 Å². The van der Waals surface area contributed by atoms with E-state index < -0.39 is 23.7 Å². The van der Waals surface area contributed by atoms with Gasteiger partial charge in [-0.05, 0) is 56.4 Å². The first kappa shape index (κ1) is 29.2. The van der Waals surface area contributed by atoms with Crippen molar-refractivity contribution in [3.8, 4) is 17.9 Å². The third kappa shape index (κ3) is 5.72. The predicted octanol–water partition coefficient (Wildman–Crippen LogP) is 4.71. The molecule has 5 rings (SSSR count). The van der Waals surface area contributed by atoms with Crippen LogP contribution in [0, 0.1) is 34.4 Å². The van der Waals surface area contributed by atoms with Crippen molar-refractivity contribution in [3.05, 3.63) is 57.8 Å². The summed E-state index contributed by atoms with van der Waals surface area (Å²) >= 11 is 0. The summed E-state index contributed by atoms with van der Waals surface area (Å²) in [5.74, 6) is -1.09. The van der Waals surface area contributed by atoms with E-state index in [4.69, 9.17) is 4.74 Å². The number of halogens is 3. The van der Waals surface area contributed by atoms with E-state index in [1.807, 2.05) is 18.0 Å². The minimum Gasteiger partial charge on any atom is -0.432 e. The molecule has 1 aliphatic carbocycles. The Balaban J connectivity index is 1.43. The number of alkyl halides is 2. The lowest BCUT2D eigenvalue weighted by Gasteiger charge is -2.42. The van der Waals surface area contributed by atoms with Gasteiger partial charge in [0.1, 0.15) is 28.9 Å². The average molecular weight is 581 g/mol. The van der Waals surface area contributed by atoms with Crippen LogP contribution in [0.5, 0.6) is 5.75 Å². The molecule has 0 bridgehead atoms. The summed E-state index contributed by atoms with van der Waals surface area (Å²) in [5, 5.41) is 19.4. The number of ether oxygens (including phenoxy) is 2. The molecule has 220 valence electrons. The molecule has 1 unspecified atom stereocenters. The number of nitriles is 2. The Morgan fingerprint density at radius 1 is 1.12 bits per heavy atom. The normalized spacial score (nSPS) is 20.3. The molecular weight excluding hydrogens is 549 g/mol. The van der Waals surface area contributed by atoms with Crippen molar-refractivity contribution in [1.82, 2.24) is 9.55 Å². The number of benzene rings is 1. The second-order valence-electron chi connectivity index (χ2n) is 10.8. The Hall–Kier alpha value is -4.29. The van der Waals surface area contributed by atoms with Crippen LogP contribution in [0.1, 0.15) is 43.4 Å². The van der Waals surface area contributed by atoms with Crippen LogP contribution in [0.25, 0.3) is 11.0 Å². The standard InChI is InChI=1S/C30H31F3N6O3/c1-37(28-23(15-35)29(40)38(2)25-10-3-19(14-34)36-27(25)28)20-4-6-21(7-5-20)39(16-18-11-12-41-17-18)22-8-9-24(31)26(13-22)42-30(32)33/h3,8-10,13,18,20-21,30H,4-7,11-12,16-17H2,1-2H3/t18?,20-,21+. The van der Waals surface area contributed by atoms with Gasteiger partial charge >= 0.3 is 6.61 Å². The fraction of sp³-hybridized carbons (Fsp3) is 0.467. The first-order valence-electron chi connectivity index (χ1n) is 13.9. The number of pyridine rings is 2. The molecule has 3 aromatic rings. The van der Waals surface area contributed by atoms with Crippen LogP contribution < -0.4 is 20.1 Å². The SMILES string of the molecule is Cn1c(=O)c(C#N)c(N(C)[C@H]2CC[C@@H](N(CC3CCOC3)c3ccc(F)c(OC(F)F)c3)CC2)c2nc(C#N)ccc21. The quantitative estimate of drug-likeness (QED) is 0.377. The Morgan fingerprint density at radius 3 is 2.50 bits per heavy atom. The van der Waals surface area contributed by atoms with E-state index in [2.05, 4.69) is 20.7 Å². The van der Waals surface area contributed by atoms with Gasteiger partial charge in [-0.3, -0.25) is 4.79 Å². The second kappa shape index (κ2) is 12.3. The summed E-state index contributed by atoms with van der Waals surface area (Å²) < 4.78 is 51.5. The fourth-order valence-electron chi connectivity index (χ4n) is 6.17. The van der Waals surface area contributed by atoms with Crippen LogP contribution in [-0.2, 0) is 11.8 Å². The molecule has 42 heavy (non-hydrogen) atoms. The zero-order valence-electron chi connectivity index (χ0n) is 23.4. The Bertz CT molecular complexity index is 1600. The van der Waals surface area contributed by atoms with E-state index in [-0.39, 0.29) is 29.3 Å². The maximum atomic E-state index is 14.2. The van der Waals surface area contributed by atoms with Crippen LogP contribution in [0.2, 0.25) is 0 Å². The summed E-state index contributed by atoms with van der Waals surface area (Å²) in [4.78, 5) is 21.6. The van der Waals surface area contributed by atoms with Gasteiger partial charge in [-0.25, -0.2) is 9.37 Å². The lowest BCUT2D eigenvalue weighted by atomic mass is 9.88. The van der Waals surface area contributed by atoms with Crippen LogP contribution in [0.4, 0.5) is 24.5 Å². The highest BCUT2D eigenvalue weighted by Gasteiger charge is 2.33. The molecule has 1 atom stereocenters. The van der Waals surface area contributed by atoms with E-state index in [1.54, 1.807) is 25.2 Å². The molecule has 1 saturated carbocycles. The van der Waals surface area contributed by atoms with Crippen molar-refractivity contribution in [2.75, 3.05) is 36.6 Å². The van der Waals surface area contributed by atoms with Crippen LogP contribution >= 0.6 is 0 Å². The van der Waals surface area contributed by atoms with Crippen molar-refractivity contribution < 1.29 is 22.6 Å². The van der Waals surface area contributed by atoms with Crippen molar-refractivity contribution in [3.63, 3.8) is 0 Å². The molecule has 2 fully saturated rings. The molecule has 1 aliphatic heterocycles. The third-order valence-electron chi connectivity index (χ3n) is 8.39. The van der Waals surface area contributed by atoms with Gasteiger partial charge < -0.3 is 23.8 Å². The first-order valence-corrected chi connectivity index (χ1v) is 13.9. The molecule has 9 nitrogen and oxygen atoms in total. The zero-order valence-corrected chi connectivity index (χ0v) is 23.4. The van der Waals surface area contributed by atoms with Gasteiger partial charge in [-0.2, -0.15) is 19.3 Å². The van der Waals surface area contributed by atoms with Gasteiger partial charge in [-0.15, -0.1) is 0 Å². The second-order valence-corrected chi connectivity index (χ2v) is 10.8. The van der Waals surface area contributed by atoms with E-state index in [9.17, 15) is 28.5 Å². The van der Waals surface area contributed by atoms with Crippen LogP contribution in [0.15, 0.2) is 35.1 Å². The van der Waals surface area contributed by atoms with Crippen molar-refractivity contribution >= 4 is 22.4 Å². The molecule has 2 aromatic heterocycles. The van der Waals surface area contributed by atoms with Crippen molar-refractivity contribution in [2.45, 2.75) is 50.8 Å². The molecule has 2 aliphatic rings. The minimum absolute atomic E-state index is 0.0289. The number of aromatic nitrogens is 2. The molecule has 0 spiro atoms. The zero-order chi connectivity index (χ0) is 30.0. The number of hydrogen-bond donors (Lipinski definition) is 0. The molecule has 0 radical (unpaired) electrons. The smallest absolute Gasteiger partial charge is 0.387 e. The maximum absolute atomic E-state index is 14.2. The molecule has 12 heteroatoms. The van der Waals surface area contributed by atoms with Gasteiger partial charge in [0.05, 0.1) is 17.8 Å². The first-order chi connectivity index (χ1) is 20.2. The van der Waals surface area contributed by atoms with Gasteiger partial charge in [0.25, 0.3) is 5.56 Å². The van der Waals surface area contributed by atoms with Gasteiger partial charge in [-0.1, -0.05) is 0 Å². The Labute approximate surface area is 241 Å².